The molecule has 4 rings (SSSR count). The maximum Gasteiger partial charge on any atom is 0.261 e. The molecule has 1 aliphatic carbocycles. The van der Waals surface area contributed by atoms with Crippen LogP contribution in [0.1, 0.15) is 43.6 Å². The van der Waals surface area contributed by atoms with Crippen molar-refractivity contribution in [3.63, 3.8) is 0 Å². The zero-order valence-electron chi connectivity index (χ0n) is 15.2. The first kappa shape index (κ1) is 18.5. The molecular weight excluding hydrogens is 426 g/mol. The highest BCUT2D eigenvalue weighted by Gasteiger charge is 2.24. The van der Waals surface area contributed by atoms with Crippen LogP contribution in [0.15, 0.2) is 52.0 Å². The van der Waals surface area contributed by atoms with Gasteiger partial charge in [0.15, 0.2) is 0 Å². The first-order valence-electron chi connectivity index (χ1n) is 9.19. The minimum Gasteiger partial charge on any atom is -0.279 e. The summed E-state index contributed by atoms with van der Waals surface area (Å²) in [6.45, 7) is 0. The summed E-state index contributed by atoms with van der Waals surface area (Å²) in [7, 11) is -1.83. The van der Waals surface area contributed by atoms with Crippen molar-refractivity contribution in [1.82, 2.24) is 9.78 Å². The van der Waals surface area contributed by atoms with E-state index in [1.54, 1.807) is 28.9 Å². The Labute approximate surface area is 168 Å². The minimum absolute atomic E-state index is 0.251. The van der Waals surface area contributed by atoms with Crippen molar-refractivity contribution in [2.75, 3.05) is 4.72 Å². The standard InChI is InChI=1S/C20H22BrN3O2S/c1-24-13-18-19(22-24)12-11-17(14-5-3-2-4-6-14)20(18)23-27(25,26)16-9-7-15(21)8-10-16/h7-14,23H,2-6H2,1H3. The molecule has 1 aliphatic rings. The number of hydrogen-bond donors (Lipinski definition) is 1. The second-order valence-corrected chi connectivity index (χ2v) is 9.76. The fourth-order valence-electron chi connectivity index (χ4n) is 3.90. The minimum atomic E-state index is -3.68. The SMILES string of the molecule is Cn1cc2c(NS(=O)(=O)c3ccc(Br)cc3)c(C3CCCCC3)ccc2n1. The molecule has 1 fully saturated rings. The quantitative estimate of drug-likeness (QED) is 0.598. The smallest absolute Gasteiger partial charge is 0.261 e. The Kier molecular flexibility index (Phi) is 4.99. The van der Waals surface area contributed by atoms with Crippen molar-refractivity contribution in [1.29, 1.82) is 0 Å². The molecule has 0 unspecified atom stereocenters. The van der Waals surface area contributed by atoms with Crippen LogP contribution < -0.4 is 4.72 Å². The fourth-order valence-corrected chi connectivity index (χ4v) is 5.28. The van der Waals surface area contributed by atoms with Crippen LogP contribution in [-0.2, 0) is 17.1 Å². The third kappa shape index (κ3) is 3.75. The Morgan fingerprint density at radius 3 is 2.48 bits per heavy atom. The largest absolute Gasteiger partial charge is 0.279 e. The van der Waals surface area contributed by atoms with Gasteiger partial charge < -0.3 is 0 Å². The van der Waals surface area contributed by atoms with Gasteiger partial charge in [0.1, 0.15) is 0 Å². The lowest BCUT2D eigenvalue weighted by atomic mass is 9.83. The summed E-state index contributed by atoms with van der Waals surface area (Å²) in [5.41, 5.74) is 2.55. The van der Waals surface area contributed by atoms with E-state index in [9.17, 15) is 8.42 Å². The van der Waals surface area contributed by atoms with E-state index in [-0.39, 0.29) is 4.90 Å². The highest BCUT2D eigenvalue weighted by atomic mass is 79.9. The third-order valence-electron chi connectivity index (χ3n) is 5.24. The predicted molar refractivity (Wildman–Crippen MR) is 111 cm³/mol. The normalized spacial score (nSPS) is 15.9. The zero-order valence-corrected chi connectivity index (χ0v) is 17.6. The van der Waals surface area contributed by atoms with Crippen molar-refractivity contribution in [2.45, 2.75) is 42.9 Å². The monoisotopic (exact) mass is 447 g/mol. The molecule has 5 nitrogen and oxygen atoms in total. The van der Waals surface area contributed by atoms with Crippen LogP contribution in [0.5, 0.6) is 0 Å². The first-order chi connectivity index (χ1) is 12.9. The van der Waals surface area contributed by atoms with Gasteiger partial charge in [0.25, 0.3) is 10.0 Å². The summed E-state index contributed by atoms with van der Waals surface area (Å²) in [6.07, 6.45) is 7.72. The molecule has 0 radical (unpaired) electrons. The number of nitrogens with zero attached hydrogens (tertiary/aromatic N) is 2. The second-order valence-electron chi connectivity index (χ2n) is 7.16. The van der Waals surface area contributed by atoms with Gasteiger partial charge in [0.05, 0.1) is 16.1 Å². The molecule has 0 aliphatic heterocycles. The Hall–Kier alpha value is -1.86. The van der Waals surface area contributed by atoms with Crippen LogP contribution in [0, 0.1) is 0 Å². The Bertz CT molecular complexity index is 1070. The summed E-state index contributed by atoms with van der Waals surface area (Å²) in [4.78, 5) is 0.251. The molecule has 1 aromatic heterocycles. The lowest BCUT2D eigenvalue weighted by Gasteiger charge is -2.25. The van der Waals surface area contributed by atoms with Gasteiger partial charge in [0, 0.05) is 23.1 Å². The van der Waals surface area contributed by atoms with Crippen LogP contribution in [0.2, 0.25) is 0 Å². The maximum atomic E-state index is 13.0. The number of fused-ring (bicyclic) bond motifs is 1. The number of halogens is 1. The molecular formula is C20H22BrN3O2S. The molecule has 0 amide bonds. The molecule has 27 heavy (non-hydrogen) atoms. The van der Waals surface area contributed by atoms with Crippen molar-refractivity contribution in [3.8, 4) is 0 Å². The van der Waals surface area contributed by atoms with Crippen molar-refractivity contribution >= 4 is 42.5 Å². The van der Waals surface area contributed by atoms with Crippen LogP contribution in [0.25, 0.3) is 10.9 Å². The highest BCUT2D eigenvalue weighted by Crippen LogP contribution is 2.40. The van der Waals surface area contributed by atoms with Crippen LogP contribution >= 0.6 is 15.9 Å². The number of nitrogens with one attached hydrogen (secondary N) is 1. The molecule has 0 bridgehead atoms. The molecule has 1 heterocycles. The Balaban J connectivity index is 1.81. The van der Waals surface area contributed by atoms with Gasteiger partial charge in [-0.1, -0.05) is 41.3 Å². The van der Waals surface area contributed by atoms with Crippen LogP contribution in [0.4, 0.5) is 5.69 Å². The van der Waals surface area contributed by atoms with E-state index in [1.165, 1.54) is 19.3 Å². The van der Waals surface area contributed by atoms with Crippen molar-refractivity contribution < 1.29 is 8.42 Å². The third-order valence-corrected chi connectivity index (χ3v) is 7.14. The van der Waals surface area contributed by atoms with E-state index in [0.717, 1.165) is 33.8 Å². The van der Waals surface area contributed by atoms with E-state index in [4.69, 9.17) is 0 Å². The van der Waals surface area contributed by atoms with Gasteiger partial charge in [-0.2, -0.15) is 5.10 Å². The molecule has 7 heteroatoms. The molecule has 2 aromatic carbocycles. The first-order valence-corrected chi connectivity index (χ1v) is 11.5. The summed E-state index contributed by atoms with van der Waals surface area (Å²) in [6, 6.07) is 10.7. The van der Waals surface area contributed by atoms with E-state index >= 15 is 0 Å². The van der Waals surface area contributed by atoms with E-state index < -0.39 is 10.0 Å². The summed E-state index contributed by atoms with van der Waals surface area (Å²) in [5.74, 6) is 0.381. The predicted octanol–water partition coefficient (Wildman–Crippen LogP) is 5.18. The van der Waals surface area contributed by atoms with Gasteiger partial charge in [0.2, 0.25) is 0 Å². The number of sulfonamides is 1. The average Bonchev–Trinajstić information content (AvgIpc) is 3.04. The number of rotatable bonds is 4. The lowest BCUT2D eigenvalue weighted by Crippen LogP contribution is -2.16. The molecule has 142 valence electrons. The number of hydrogen-bond acceptors (Lipinski definition) is 3. The molecule has 1 N–H and O–H groups in total. The van der Waals surface area contributed by atoms with Crippen LogP contribution in [0.3, 0.4) is 0 Å². The van der Waals surface area contributed by atoms with Gasteiger partial charge in [-0.25, -0.2) is 8.42 Å². The van der Waals surface area contributed by atoms with Gasteiger partial charge in [-0.15, -0.1) is 0 Å². The van der Waals surface area contributed by atoms with Gasteiger partial charge in [-0.05, 0) is 54.7 Å². The fraction of sp³-hybridized carbons (Fsp3) is 0.350. The number of aryl methyl sites for hydroxylation is 1. The lowest BCUT2D eigenvalue weighted by molar-refractivity contribution is 0.444. The molecule has 0 atom stereocenters. The van der Waals surface area contributed by atoms with Gasteiger partial charge >= 0.3 is 0 Å². The topological polar surface area (TPSA) is 64.0 Å². The van der Waals surface area contributed by atoms with E-state index in [2.05, 4.69) is 25.8 Å². The summed E-state index contributed by atoms with van der Waals surface area (Å²) < 4.78 is 31.5. The molecule has 3 aromatic rings. The molecule has 1 saturated carbocycles. The van der Waals surface area contributed by atoms with Crippen molar-refractivity contribution in [2.24, 2.45) is 7.05 Å². The average molecular weight is 448 g/mol. The van der Waals surface area contributed by atoms with Gasteiger partial charge in [-0.3, -0.25) is 9.40 Å². The summed E-state index contributed by atoms with van der Waals surface area (Å²) >= 11 is 3.35. The Morgan fingerprint density at radius 2 is 1.78 bits per heavy atom. The maximum absolute atomic E-state index is 13.0. The number of benzene rings is 2. The number of anilines is 1. The van der Waals surface area contributed by atoms with E-state index in [0.29, 0.717) is 11.6 Å². The highest BCUT2D eigenvalue weighted by molar-refractivity contribution is 9.10. The van der Waals surface area contributed by atoms with Crippen molar-refractivity contribution in [3.05, 3.63) is 52.6 Å². The van der Waals surface area contributed by atoms with Crippen LogP contribution in [-0.4, -0.2) is 18.2 Å². The molecule has 0 saturated heterocycles. The molecule has 0 spiro atoms. The van der Waals surface area contributed by atoms with E-state index in [1.807, 2.05) is 25.4 Å². The second kappa shape index (κ2) is 7.28. The number of aromatic nitrogens is 2. The summed E-state index contributed by atoms with van der Waals surface area (Å²) in [5, 5.41) is 5.30. The Morgan fingerprint density at radius 1 is 1.07 bits per heavy atom. The zero-order chi connectivity index (χ0) is 19.0.